The molecule has 0 aliphatic heterocycles. The number of hydrogen-bond acceptors (Lipinski definition) is 8. The second-order valence-electron chi connectivity index (χ2n) is 8.14. The Labute approximate surface area is 194 Å². The van der Waals surface area contributed by atoms with Gasteiger partial charge in [0.15, 0.2) is 0 Å². The molecule has 0 bridgehead atoms. The summed E-state index contributed by atoms with van der Waals surface area (Å²) in [7, 11) is 0. The van der Waals surface area contributed by atoms with Gasteiger partial charge >= 0.3 is 12.1 Å². The average molecular weight is 462 g/mol. The first-order chi connectivity index (χ1) is 15.5. The van der Waals surface area contributed by atoms with Crippen molar-refractivity contribution in [2.24, 2.45) is 0 Å². The highest BCUT2D eigenvalue weighted by Gasteiger charge is 2.19. The molecule has 8 heteroatoms. The maximum Gasteiger partial charge on any atom is 0.508 e. The molecule has 0 fully saturated rings. The van der Waals surface area contributed by atoms with Gasteiger partial charge in [-0.15, -0.1) is 0 Å². The van der Waals surface area contributed by atoms with Gasteiger partial charge in [-0.2, -0.15) is 0 Å². The number of ether oxygens (including phenoxy) is 3. The number of hydrogen-bond donors (Lipinski definition) is 2. The zero-order valence-electron chi connectivity index (χ0n) is 20.6. The van der Waals surface area contributed by atoms with Crippen molar-refractivity contribution in [2.45, 2.75) is 104 Å². The van der Waals surface area contributed by atoms with E-state index in [4.69, 9.17) is 24.4 Å². The van der Waals surface area contributed by atoms with Crippen LogP contribution in [-0.2, 0) is 19.0 Å². The zero-order valence-corrected chi connectivity index (χ0v) is 20.6. The number of aliphatic hydroxyl groups excluding tert-OH is 2. The molecule has 0 heterocycles. The Bertz CT molecular complexity index is 454. The number of rotatable bonds is 21. The van der Waals surface area contributed by atoms with Gasteiger partial charge in [0.2, 0.25) is 0 Å². The minimum atomic E-state index is -0.915. The molecule has 1 atom stereocenters. The van der Waals surface area contributed by atoms with Gasteiger partial charge in [0, 0.05) is 6.42 Å². The third-order valence-corrected chi connectivity index (χ3v) is 5.50. The number of carbonyl (C=O) groups excluding carboxylic acids is 2. The molecule has 2 N–H and O–H groups in total. The Morgan fingerprint density at radius 3 is 2.06 bits per heavy atom. The third kappa shape index (κ3) is 17.2. The third-order valence-electron chi connectivity index (χ3n) is 5.50. The van der Waals surface area contributed by atoms with Gasteiger partial charge in [0.1, 0.15) is 12.2 Å². The van der Waals surface area contributed by atoms with Crippen molar-refractivity contribution in [1.82, 2.24) is 4.90 Å². The van der Waals surface area contributed by atoms with E-state index in [2.05, 4.69) is 25.7 Å². The molecule has 0 aliphatic rings. The fraction of sp³-hybridized carbons (Fsp3) is 0.917. The van der Waals surface area contributed by atoms with Gasteiger partial charge in [0.25, 0.3) is 0 Å². The minimum Gasteiger partial charge on any atom is -0.457 e. The van der Waals surface area contributed by atoms with E-state index in [0.29, 0.717) is 19.4 Å². The highest BCUT2D eigenvalue weighted by atomic mass is 16.7. The molecule has 0 saturated heterocycles. The zero-order chi connectivity index (χ0) is 24.0. The van der Waals surface area contributed by atoms with Crippen LogP contribution in [0.4, 0.5) is 4.79 Å². The molecule has 0 aliphatic carbocycles. The average Bonchev–Trinajstić information content (AvgIpc) is 2.80. The number of esters is 1. The lowest BCUT2D eigenvalue weighted by Gasteiger charge is -2.19. The van der Waals surface area contributed by atoms with Crippen molar-refractivity contribution in [1.29, 1.82) is 0 Å². The second-order valence-corrected chi connectivity index (χ2v) is 8.14. The normalized spacial score (nSPS) is 12.2. The number of carbonyl (C=O) groups is 2. The Kier molecular flexibility index (Phi) is 20.5. The molecule has 0 saturated carbocycles. The van der Waals surface area contributed by atoms with Gasteiger partial charge in [-0.25, -0.2) is 4.79 Å². The second kappa shape index (κ2) is 21.5. The van der Waals surface area contributed by atoms with Crippen LogP contribution in [0.2, 0.25) is 0 Å². The maximum atomic E-state index is 12.1. The van der Waals surface area contributed by atoms with Crippen molar-refractivity contribution in [3.63, 3.8) is 0 Å². The summed E-state index contributed by atoms with van der Waals surface area (Å²) in [6.45, 7) is 8.91. The monoisotopic (exact) mass is 461 g/mol. The van der Waals surface area contributed by atoms with Gasteiger partial charge in [0.05, 0.1) is 19.8 Å². The summed E-state index contributed by atoms with van der Waals surface area (Å²) in [6, 6.07) is 0. The first-order valence-corrected chi connectivity index (χ1v) is 12.5. The predicted molar refractivity (Wildman–Crippen MR) is 125 cm³/mol. The highest BCUT2D eigenvalue weighted by Crippen LogP contribution is 2.16. The molecule has 0 radical (unpaired) electrons. The smallest absolute Gasteiger partial charge is 0.457 e. The Morgan fingerprint density at radius 1 is 0.781 bits per heavy atom. The number of aliphatic hydroxyl groups is 2. The largest absolute Gasteiger partial charge is 0.508 e. The molecule has 0 aromatic rings. The van der Waals surface area contributed by atoms with Crippen LogP contribution in [0.3, 0.4) is 0 Å². The van der Waals surface area contributed by atoms with Gasteiger partial charge in [-0.05, 0) is 51.7 Å². The summed E-state index contributed by atoms with van der Waals surface area (Å²) in [6.07, 6.45) is 7.49. The molecule has 0 amide bonds. The molecular formula is C24H47NO7. The Balaban J connectivity index is 4.36. The summed E-state index contributed by atoms with van der Waals surface area (Å²) in [5.41, 5.74) is 0. The van der Waals surface area contributed by atoms with Crippen molar-refractivity contribution < 1.29 is 34.0 Å². The quantitative estimate of drug-likeness (QED) is 0.195. The molecule has 0 aromatic heterocycles. The van der Waals surface area contributed by atoms with Crippen molar-refractivity contribution in [3.8, 4) is 0 Å². The standard InChI is InChI=1S/C24H47NO7/c1-4-7-8-9-10-11-14-21(15-16-23(28)31-22(19-26)20-27)32-24(29)30-18-13-12-17-25(5-2)6-3/h21-22,26-27H,4-20H2,1-3H3. The number of nitrogens with zero attached hydrogens (tertiary/aromatic N) is 1. The molecule has 0 aromatic carbocycles. The molecule has 0 rings (SSSR count). The lowest BCUT2D eigenvalue weighted by atomic mass is 10.0. The van der Waals surface area contributed by atoms with E-state index >= 15 is 0 Å². The highest BCUT2D eigenvalue weighted by molar-refractivity contribution is 5.69. The van der Waals surface area contributed by atoms with Crippen molar-refractivity contribution in [3.05, 3.63) is 0 Å². The molecular weight excluding hydrogens is 414 g/mol. The van der Waals surface area contributed by atoms with Crippen LogP contribution >= 0.6 is 0 Å². The van der Waals surface area contributed by atoms with Crippen LogP contribution in [0.5, 0.6) is 0 Å². The fourth-order valence-corrected chi connectivity index (χ4v) is 3.37. The van der Waals surface area contributed by atoms with Gasteiger partial charge in [-0.3, -0.25) is 4.79 Å². The van der Waals surface area contributed by atoms with E-state index in [9.17, 15) is 9.59 Å². The first kappa shape index (κ1) is 30.6. The number of unbranched alkanes of at least 4 members (excludes halogenated alkanes) is 6. The van der Waals surface area contributed by atoms with E-state index in [1.807, 2.05) is 0 Å². The van der Waals surface area contributed by atoms with Crippen molar-refractivity contribution >= 4 is 12.1 Å². The Hall–Kier alpha value is -1.38. The summed E-state index contributed by atoms with van der Waals surface area (Å²) < 4.78 is 15.7. The van der Waals surface area contributed by atoms with Crippen molar-refractivity contribution in [2.75, 3.05) is 39.5 Å². The maximum absolute atomic E-state index is 12.1. The van der Waals surface area contributed by atoms with Crippen LogP contribution in [0.25, 0.3) is 0 Å². The van der Waals surface area contributed by atoms with Crippen LogP contribution in [0, 0.1) is 0 Å². The summed E-state index contributed by atoms with van der Waals surface area (Å²) >= 11 is 0. The van der Waals surface area contributed by atoms with Crippen LogP contribution in [-0.4, -0.2) is 78.9 Å². The summed E-state index contributed by atoms with van der Waals surface area (Å²) in [4.78, 5) is 26.4. The van der Waals surface area contributed by atoms with Gasteiger partial charge in [-0.1, -0.05) is 52.9 Å². The Morgan fingerprint density at radius 2 is 1.44 bits per heavy atom. The molecule has 32 heavy (non-hydrogen) atoms. The minimum absolute atomic E-state index is 0.0498. The van der Waals surface area contributed by atoms with Crippen LogP contribution < -0.4 is 0 Å². The lowest BCUT2D eigenvalue weighted by molar-refractivity contribution is -0.154. The van der Waals surface area contributed by atoms with E-state index < -0.39 is 37.5 Å². The molecule has 0 spiro atoms. The van der Waals surface area contributed by atoms with Crippen LogP contribution in [0.1, 0.15) is 91.4 Å². The fourth-order valence-electron chi connectivity index (χ4n) is 3.37. The first-order valence-electron chi connectivity index (χ1n) is 12.5. The topological polar surface area (TPSA) is 106 Å². The SMILES string of the molecule is CCCCCCCCC(CCC(=O)OC(CO)CO)OC(=O)OCCCCN(CC)CC. The summed E-state index contributed by atoms with van der Waals surface area (Å²) in [5.74, 6) is -0.528. The van der Waals surface area contributed by atoms with E-state index in [1.165, 1.54) is 19.3 Å². The van der Waals surface area contributed by atoms with E-state index in [-0.39, 0.29) is 6.42 Å². The lowest BCUT2D eigenvalue weighted by Crippen LogP contribution is -2.27. The summed E-state index contributed by atoms with van der Waals surface area (Å²) in [5, 5.41) is 18.1. The van der Waals surface area contributed by atoms with E-state index in [1.54, 1.807) is 0 Å². The van der Waals surface area contributed by atoms with Crippen LogP contribution in [0.15, 0.2) is 0 Å². The molecule has 190 valence electrons. The molecule has 1 unspecified atom stereocenters. The van der Waals surface area contributed by atoms with E-state index in [0.717, 1.165) is 51.7 Å². The van der Waals surface area contributed by atoms with Gasteiger partial charge < -0.3 is 29.3 Å². The predicted octanol–water partition coefficient (Wildman–Crippen LogP) is 4.06. The molecule has 8 nitrogen and oxygen atoms in total.